The topological polar surface area (TPSA) is 63.1 Å². The summed E-state index contributed by atoms with van der Waals surface area (Å²) in [6.45, 7) is 0. The number of hydrogen-bond acceptors (Lipinski definition) is 2. The summed E-state index contributed by atoms with van der Waals surface area (Å²) in [4.78, 5) is 24.4. The Morgan fingerprint density at radius 1 is 0.767 bits per heavy atom. The van der Waals surface area contributed by atoms with E-state index in [4.69, 9.17) is 81.2 Å². The van der Waals surface area contributed by atoms with Crippen molar-refractivity contribution in [1.82, 2.24) is 9.88 Å². The van der Waals surface area contributed by atoms with Gasteiger partial charge in [-0.2, -0.15) is 0 Å². The smallest absolute Gasteiger partial charge is 0.308 e. The second-order valence-electron chi connectivity index (χ2n) is 5.72. The number of nitrogens with one attached hydrogen (secondary N) is 2. The predicted octanol–water partition coefficient (Wildman–Crippen LogP) is 8.01. The highest BCUT2D eigenvalue weighted by atomic mass is 35.5. The highest BCUT2D eigenvalue weighted by Gasteiger charge is 2.23. The SMILES string of the molecule is O=C(NC(=O)c1ccccc1Cl)Nc1cc(Cl)c(-n2c(Cl)c(Cl)c(Cl)c2Cl)c(Cl)c1. The van der Waals surface area contributed by atoms with Crippen LogP contribution in [0.2, 0.25) is 35.4 Å². The van der Waals surface area contributed by atoms with Gasteiger partial charge in [-0.05, 0) is 24.3 Å². The third kappa shape index (κ3) is 4.63. The maximum atomic E-state index is 12.2. The van der Waals surface area contributed by atoms with Gasteiger partial charge < -0.3 is 5.32 Å². The number of nitrogens with zero attached hydrogens (tertiary/aromatic N) is 1. The number of imide groups is 1. The fourth-order valence-corrected chi connectivity index (χ4v) is 4.38. The molecule has 0 saturated heterocycles. The number of anilines is 1. The zero-order chi connectivity index (χ0) is 22.2. The Kier molecular flexibility index (Phi) is 7.36. The lowest BCUT2D eigenvalue weighted by atomic mass is 10.2. The van der Waals surface area contributed by atoms with Crippen molar-refractivity contribution in [3.05, 3.63) is 77.4 Å². The minimum atomic E-state index is -0.817. The van der Waals surface area contributed by atoms with Crippen LogP contribution in [0.5, 0.6) is 0 Å². The monoisotopic (exact) mass is 543 g/mol. The van der Waals surface area contributed by atoms with E-state index in [1.807, 2.05) is 0 Å². The molecular weight excluding hydrogens is 538 g/mol. The lowest BCUT2D eigenvalue weighted by Gasteiger charge is -2.14. The van der Waals surface area contributed by atoms with Gasteiger partial charge in [0.15, 0.2) is 0 Å². The van der Waals surface area contributed by atoms with Crippen LogP contribution in [0, 0.1) is 0 Å². The molecule has 5 nitrogen and oxygen atoms in total. The molecule has 1 heterocycles. The Morgan fingerprint density at radius 2 is 1.30 bits per heavy atom. The van der Waals surface area contributed by atoms with E-state index in [-0.39, 0.29) is 52.4 Å². The van der Waals surface area contributed by atoms with E-state index in [1.165, 1.54) is 28.8 Å². The third-order valence-corrected chi connectivity index (χ3v) is 6.44. The van der Waals surface area contributed by atoms with Crippen molar-refractivity contribution in [3.8, 4) is 5.69 Å². The number of rotatable bonds is 3. The number of aromatic nitrogens is 1. The van der Waals surface area contributed by atoms with Crippen LogP contribution < -0.4 is 10.6 Å². The van der Waals surface area contributed by atoms with Gasteiger partial charge in [0.1, 0.15) is 10.3 Å². The lowest BCUT2D eigenvalue weighted by Crippen LogP contribution is -2.34. The second-order valence-corrected chi connectivity index (χ2v) is 8.42. The molecule has 0 aliphatic rings. The van der Waals surface area contributed by atoms with E-state index in [9.17, 15) is 9.59 Å². The highest BCUT2D eigenvalue weighted by Crippen LogP contribution is 2.44. The maximum Gasteiger partial charge on any atom is 0.326 e. The fourth-order valence-electron chi connectivity index (χ4n) is 2.49. The van der Waals surface area contributed by atoms with E-state index in [0.717, 1.165) is 0 Å². The summed E-state index contributed by atoms with van der Waals surface area (Å²) in [6.07, 6.45) is 0. The molecule has 0 saturated carbocycles. The molecule has 0 atom stereocenters. The van der Waals surface area contributed by atoms with Gasteiger partial charge in [0.05, 0.1) is 36.4 Å². The molecule has 1 aromatic heterocycles. The Morgan fingerprint density at radius 3 is 1.83 bits per heavy atom. The molecule has 0 aliphatic heterocycles. The first-order valence-electron chi connectivity index (χ1n) is 7.88. The van der Waals surface area contributed by atoms with Crippen LogP contribution in [-0.2, 0) is 0 Å². The van der Waals surface area contributed by atoms with Gasteiger partial charge in [0.25, 0.3) is 5.91 Å². The van der Waals surface area contributed by atoms with Crippen LogP contribution in [0.4, 0.5) is 10.5 Å². The zero-order valence-corrected chi connectivity index (χ0v) is 19.7. The van der Waals surface area contributed by atoms with E-state index in [2.05, 4.69) is 10.6 Å². The number of carbonyl (C=O) groups excluding carboxylic acids is 2. The lowest BCUT2D eigenvalue weighted by molar-refractivity contribution is 0.0967. The number of benzene rings is 2. The molecule has 156 valence electrons. The second kappa shape index (κ2) is 9.45. The average molecular weight is 546 g/mol. The molecule has 0 aliphatic carbocycles. The van der Waals surface area contributed by atoms with Crippen molar-refractivity contribution in [2.45, 2.75) is 0 Å². The number of urea groups is 1. The predicted molar refractivity (Wildman–Crippen MR) is 124 cm³/mol. The number of hydrogen-bond donors (Lipinski definition) is 2. The van der Waals surface area contributed by atoms with Crippen LogP contribution in [-0.4, -0.2) is 16.5 Å². The molecule has 3 amide bonds. The minimum absolute atomic E-state index is 0.0132. The van der Waals surface area contributed by atoms with Gasteiger partial charge in [0, 0.05) is 5.69 Å². The molecule has 3 aromatic rings. The van der Waals surface area contributed by atoms with Crippen LogP contribution in [0.1, 0.15) is 10.4 Å². The standard InChI is InChI=1S/C18H8Cl7N3O2/c19-9-4-2-1-3-8(9)17(29)27-18(30)26-7-5-10(20)14(11(21)6-7)28-15(24)12(22)13(23)16(28)25/h1-6H,(H2,26,27,29,30). The molecule has 0 radical (unpaired) electrons. The van der Waals surface area contributed by atoms with E-state index >= 15 is 0 Å². The zero-order valence-electron chi connectivity index (χ0n) is 14.4. The van der Waals surface area contributed by atoms with Crippen molar-refractivity contribution in [2.24, 2.45) is 0 Å². The van der Waals surface area contributed by atoms with Crippen molar-refractivity contribution >= 4 is 98.8 Å². The van der Waals surface area contributed by atoms with E-state index in [0.29, 0.717) is 0 Å². The van der Waals surface area contributed by atoms with E-state index < -0.39 is 11.9 Å². The minimum Gasteiger partial charge on any atom is -0.308 e. The summed E-state index contributed by atoms with van der Waals surface area (Å²) in [6, 6.07) is 8.24. The van der Waals surface area contributed by atoms with Gasteiger partial charge >= 0.3 is 6.03 Å². The summed E-state index contributed by atoms with van der Waals surface area (Å²) in [5.41, 5.74) is 0.557. The van der Waals surface area contributed by atoms with Gasteiger partial charge in [-0.1, -0.05) is 93.3 Å². The first-order valence-corrected chi connectivity index (χ1v) is 10.5. The van der Waals surface area contributed by atoms with Crippen LogP contribution in [0.3, 0.4) is 0 Å². The van der Waals surface area contributed by atoms with Crippen molar-refractivity contribution < 1.29 is 9.59 Å². The van der Waals surface area contributed by atoms with Crippen LogP contribution >= 0.6 is 81.2 Å². The van der Waals surface area contributed by atoms with Crippen molar-refractivity contribution in [1.29, 1.82) is 0 Å². The number of amides is 3. The van der Waals surface area contributed by atoms with Gasteiger partial charge in [-0.15, -0.1) is 0 Å². The molecule has 0 unspecified atom stereocenters. The van der Waals surface area contributed by atoms with Crippen molar-refractivity contribution in [2.75, 3.05) is 5.32 Å². The third-order valence-electron chi connectivity index (χ3n) is 3.79. The van der Waals surface area contributed by atoms with Crippen LogP contribution in [0.25, 0.3) is 5.69 Å². The van der Waals surface area contributed by atoms with Crippen LogP contribution in [0.15, 0.2) is 36.4 Å². The maximum absolute atomic E-state index is 12.2. The Balaban J connectivity index is 1.84. The summed E-state index contributed by atoms with van der Waals surface area (Å²) >= 11 is 42.9. The Labute approximate surface area is 205 Å². The highest BCUT2D eigenvalue weighted by molar-refractivity contribution is 6.52. The summed E-state index contributed by atoms with van der Waals surface area (Å²) in [5, 5.41) is 5.09. The number of halogens is 7. The fraction of sp³-hybridized carbons (Fsp3) is 0. The molecule has 12 heteroatoms. The largest absolute Gasteiger partial charge is 0.326 e. The van der Waals surface area contributed by atoms with Gasteiger partial charge in [-0.3, -0.25) is 14.7 Å². The first-order chi connectivity index (χ1) is 14.1. The molecular formula is C18H8Cl7N3O2. The Hall–Kier alpha value is -1.31. The van der Waals surface area contributed by atoms with E-state index in [1.54, 1.807) is 12.1 Å². The first kappa shape index (κ1) is 23.4. The summed E-state index contributed by atoms with van der Waals surface area (Å²) in [7, 11) is 0. The molecule has 0 fully saturated rings. The summed E-state index contributed by atoms with van der Waals surface area (Å²) < 4.78 is 1.27. The van der Waals surface area contributed by atoms with Gasteiger partial charge in [0.2, 0.25) is 0 Å². The van der Waals surface area contributed by atoms with Gasteiger partial charge in [-0.25, -0.2) is 4.79 Å². The molecule has 30 heavy (non-hydrogen) atoms. The molecule has 2 N–H and O–H groups in total. The summed E-state index contributed by atoms with van der Waals surface area (Å²) in [5.74, 6) is -0.679. The normalized spacial score (nSPS) is 10.8. The molecule has 0 spiro atoms. The Bertz CT molecular complexity index is 1130. The number of carbonyl (C=O) groups is 2. The molecule has 0 bridgehead atoms. The van der Waals surface area contributed by atoms with Crippen molar-refractivity contribution in [3.63, 3.8) is 0 Å². The molecule has 3 rings (SSSR count). The molecule has 2 aromatic carbocycles. The average Bonchev–Trinajstić information content (AvgIpc) is 2.85. The quantitative estimate of drug-likeness (QED) is 0.350.